The Bertz CT molecular complexity index is 340. The van der Waals surface area contributed by atoms with E-state index < -0.39 is 0 Å². The molecule has 0 bridgehead atoms. The lowest BCUT2D eigenvalue weighted by molar-refractivity contribution is 0.155. The first-order valence-corrected chi connectivity index (χ1v) is 5.74. The molecule has 0 saturated heterocycles. The van der Waals surface area contributed by atoms with Crippen molar-refractivity contribution in [1.29, 1.82) is 0 Å². The van der Waals surface area contributed by atoms with Gasteiger partial charge in [-0.05, 0) is 31.5 Å². The fraction of sp³-hybridized carbons (Fsp3) is 0.500. The van der Waals surface area contributed by atoms with Crippen molar-refractivity contribution in [3.05, 3.63) is 28.8 Å². The lowest BCUT2D eigenvalue weighted by Crippen LogP contribution is -2.08. The highest BCUT2D eigenvalue weighted by atomic mass is 35.5. The Kier molecular flexibility index (Phi) is 5.06. The van der Waals surface area contributed by atoms with Crippen molar-refractivity contribution in [3.8, 4) is 5.75 Å². The van der Waals surface area contributed by atoms with Crippen molar-refractivity contribution in [2.24, 2.45) is 5.73 Å². The van der Waals surface area contributed by atoms with Crippen LogP contribution in [-0.4, -0.2) is 17.8 Å². The average molecular weight is 244 g/mol. The van der Waals surface area contributed by atoms with E-state index in [0.717, 1.165) is 5.56 Å². The van der Waals surface area contributed by atoms with Gasteiger partial charge in [0.2, 0.25) is 0 Å². The summed E-state index contributed by atoms with van der Waals surface area (Å²) in [7, 11) is 0. The smallest absolute Gasteiger partial charge is 0.137 e. The number of ether oxygens (including phenoxy) is 1. The van der Waals surface area contributed by atoms with Gasteiger partial charge in [0.25, 0.3) is 0 Å². The largest absolute Gasteiger partial charge is 0.492 e. The van der Waals surface area contributed by atoms with Crippen molar-refractivity contribution in [2.75, 3.05) is 6.61 Å². The van der Waals surface area contributed by atoms with Crippen molar-refractivity contribution in [1.82, 2.24) is 0 Å². The zero-order chi connectivity index (χ0) is 12.1. The van der Waals surface area contributed by atoms with Crippen LogP contribution in [0.5, 0.6) is 5.75 Å². The fourth-order valence-electron chi connectivity index (χ4n) is 1.26. The Balaban J connectivity index is 2.61. The molecule has 0 aliphatic heterocycles. The van der Waals surface area contributed by atoms with Crippen molar-refractivity contribution in [3.63, 3.8) is 0 Å². The quantitative estimate of drug-likeness (QED) is 0.836. The molecule has 3 nitrogen and oxygen atoms in total. The number of halogens is 1. The van der Waals surface area contributed by atoms with Gasteiger partial charge in [-0.2, -0.15) is 0 Å². The number of aliphatic hydroxyl groups excluding tert-OH is 1. The first kappa shape index (κ1) is 13.3. The van der Waals surface area contributed by atoms with Crippen LogP contribution in [0, 0.1) is 0 Å². The van der Waals surface area contributed by atoms with E-state index in [1.165, 1.54) is 0 Å². The second-order valence-electron chi connectivity index (χ2n) is 3.96. The molecule has 0 fully saturated rings. The third-order valence-electron chi connectivity index (χ3n) is 2.27. The Morgan fingerprint density at radius 2 is 2.12 bits per heavy atom. The second-order valence-corrected chi connectivity index (χ2v) is 4.37. The molecule has 1 unspecified atom stereocenters. The summed E-state index contributed by atoms with van der Waals surface area (Å²) in [4.78, 5) is 0. The number of aliphatic hydroxyl groups is 1. The molecule has 3 N–H and O–H groups in total. The minimum absolute atomic E-state index is 0.0379. The molecule has 2 atom stereocenters. The SMILES string of the molecule is CC(O)CCOc1ccc([C@@H](C)N)cc1Cl. The molecule has 4 heteroatoms. The highest BCUT2D eigenvalue weighted by Crippen LogP contribution is 2.27. The van der Waals surface area contributed by atoms with E-state index in [0.29, 0.717) is 23.8 Å². The standard InChI is InChI=1S/C12H18ClNO2/c1-8(15)5-6-16-12-4-3-10(9(2)14)7-11(12)13/h3-4,7-9,15H,5-6,14H2,1-2H3/t8?,9-/m1/s1. The second kappa shape index (κ2) is 6.09. The van der Waals surface area contributed by atoms with Crippen LogP contribution in [0.3, 0.4) is 0 Å². The molecule has 0 aliphatic rings. The van der Waals surface area contributed by atoms with Crippen LogP contribution in [-0.2, 0) is 0 Å². The summed E-state index contributed by atoms with van der Waals surface area (Å²) < 4.78 is 5.45. The van der Waals surface area contributed by atoms with Crippen LogP contribution >= 0.6 is 11.6 Å². The van der Waals surface area contributed by atoms with Gasteiger partial charge in [-0.3, -0.25) is 0 Å². The van der Waals surface area contributed by atoms with Crippen molar-refractivity contribution < 1.29 is 9.84 Å². The summed E-state index contributed by atoms with van der Waals surface area (Å²) >= 11 is 6.05. The van der Waals surface area contributed by atoms with E-state index in [1.54, 1.807) is 6.92 Å². The zero-order valence-electron chi connectivity index (χ0n) is 9.61. The summed E-state index contributed by atoms with van der Waals surface area (Å²) in [6, 6.07) is 5.48. The van der Waals surface area contributed by atoms with Gasteiger partial charge >= 0.3 is 0 Å². The van der Waals surface area contributed by atoms with Crippen molar-refractivity contribution in [2.45, 2.75) is 32.4 Å². The summed E-state index contributed by atoms with van der Waals surface area (Å²) in [5.74, 6) is 0.631. The van der Waals surface area contributed by atoms with Crippen LogP contribution < -0.4 is 10.5 Å². The van der Waals surface area contributed by atoms with Crippen LogP contribution in [0.2, 0.25) is 5.02 Å². The van der Waals surface area contributed by atoms with E-state index >= 15 is 0 Å². The average Bonchev–Trinajstić information content (AvgIpc) is 2.19. The van der Waals surface area contributed by atoms with Gasteiger partial charge in [-0.25, -0.2) is 0 Å². The summed E-state index contributed by atoms with van der Waals surface area (Å²) in [6.45, 7) is 4.08. The van der Waals surface area contributed by atoms with Crippen LogP contribution in [0.1, 0.15) is 31.9 Å². The normalized spacial score (nSPS) is 14.6. The van der Waals surface area contributed by atoms with Gasteiger partial charge in [0.1, 0.15) is 5.75 Å². The van der Waals surface area contributed by atoms with E-state index in [4.69, 9.17) is 27.2 Å². The number of hydrogen-bond acceptors (Lipinski definition) is 3. The number of benzene rings is 1. The molecule has 1 aromatic carbocycles. The molecule has 0 heterocycles. The Labute approximate surface area is 101 Å². The molecule has 0 radical (unpaired) electrons. The number of rotatable bonds is 5. The molecule has 1 aromatic rings. The van der Waals surface area contributed by atoms with Crippen LogP contribution in [0.4, 0.5) is 0 Å². The van der Waals surface area contributed by atoms with E-state index in [9.17, 15) is 0 Å². The highest BCUT2D eigenvalue weighted by Gasteiger charge is 2.06. The third-order valence-corrected chi connectivity index (χ3v) is 2.57. The predicted molar refractivity (Wildman–Crippen MR) is 65.8 cm³/mol. The predicted octanol–water partition coefficient (Wildman–Crippen LogP) is 2.51. The Morgan fingerprint density at radius 3 is 2.62 bits per heavy atom. The number of nitrogens with two attached hydrogens (primary N) is 1. The maximum atomic E-state index is 9.09. The van der Waals surface area contributed by atoms with Gasteiger partial charge in [0.15, 0.2) is 0 Å². The summed E-state index contributed by atoms with van der Waals surface area (Å²) in [6.07, 6.45) is 0.230. The summed E-state index contributed by atoms with van der Waals surface area (Å²) in [5.41, 5.74) is 6.72. The van der Waals surface area contributed by atoms with Crippen LogP contribution in [0.25, 0.3) is 0 Å². The monoisotopic (exact) mass is 243 g/mol. The molecule has 0 spiro atoms. The van der Waals surface area contributed by atoms with E-state index in [2.05, 4.69) is 0 Å². The van der Waals surface area contributed by atoms with Gasteiger partial charge in [0, 0.05) is 12.5 Å². The minimum atomic E-state index is -0.359. The fourth-order valence-corrected chi connectivity index (χ4v) is 1.50. The van der Waals surface area contributed by atoms with E-state index in [-0.39, 0.29) is 12.1 Å². The molecule has 0 aromatic heterocycles. The van der Waals surface area contributed by atoms with Gasteiger partial charge in [-0.1, -0.05) is 17.7 Å². The van der Waals surface area contributed by atoms with Crippen LogP contribution in [0.15, 0.2) is 18.2 Å². The molecule has 0 amide bonds. The highest BCUT2D eigenvalue weighted by molar-refractivity contribution is 6.32. The van der Waals surface area contributed by atoms with Gasteiger partial charge < -0.3 is 15.6 Å². The maximum absolute atomic E-state index is 9.09. The molecule has 90 valence electrons. The maximum Gasteiger partial charge on any atom is 0.137 e. The Hall–Kier alpha value is -0.770. The molecule has 0 aliphatic carbocycles. The molecular formula is C12H18ClNO2. The lowest BCUT2D eigenvalue weighted by Gasteiger charge is -2.11. The topological polar surface area (TPSA) is 55.5 Å². The first-order valence-electron chi connectivity index (χ1n) is 5.36. The molecular weight excluding hydrogens is 226 g/mol. The number of hydrogen-bond donors (Lipinski definition) is 2. The first-order chi connectivity index (χ1) is 7.50. The third kappa shape index (κ3) is 4.00. The van der Waals surface area contributed by atoms with Crippen molar-refractivity contribution >= 4 is 11.6 Å². The molecule has 16 heavy (non-hydrogen) atoms. The van der Waals surface area contributed by atoms with E-state index in [1.807, 2.05) is 25.1 Å². The minimum Gasteiger partial charge on any atom is -0.492 e. The Morgan fingerprint density at radius 1 is 1.44 bits per heavy atom. The molecule has 1 rings (SSSR count). The van der Waals surface area contributed by atoms with Gasteiger partial charge in [-0.15, -0.1) is 0 Å². The lowest BCUT2D eigenvalue weighted by atomic mass is 10.1. The van der Waals surface area contributed by atoms with Gasteiger partial charge in [0.05, 0.1) is 17.7 Å². The molecule has 0 saturated carbocycles. The zero-order valence-corrected chi connectivity index (χ0v) is 10.4. The summed E-state index contributed by atoms with van der Waals surface area (Å²) in [5, 5.41) is 9.64.